The predicted molar refractivity (Wildman–Crippen MR) is 172 cm³/mol. The van der Waals surface area contributed by atoms with Crippen molar-refractivity contribution in [3.63, 3.8) is 0 Å². The highest BCUT2D eigenvalue weighted by molar-refractivity contribution is 5.97. The molecular formula is C36H49N3O5. The Hall–Kier alpha value is -3.23. The monoisotopic (exact) mass is 603 g/mol. The molecule has 1 aromatic carbocycles. The number of ether oxygens (including phenoxy) is 3. The third-order valence-electron chi connectivity index (χ3n) is 9.90. The van der Waals surface area contributed by atoms with Crippen molar-refractivity contribution in [3.05, 3.63) is 77.5 Å². The summed E-state index contributed by atoms with van der Waals surface area (Å²) < 4.78 is 23.3. The number of nitrogens with zero attached hydrogens (tertiary/aromatic N) is 2. The van der Waals surface area contributed by atoms with Crippen molar-refractivity contribution >= 4 is 11.9 Å². The third-order valence-corrected chi connectivity index (χ3v) is 9.90. The van der Waals surface area contributed by atoms with E-state index in [4.69, 9.17) is 23.6 Å². The number of aryl methyl sites for hydroxylation is 1. The lowest BCUT2D eigenvalue weighted by Crippen LogP contribution is -2.46. The van der Waals surface area contributed by atoms with Crippen LogP contribution in [-0.4, -0.2) is 58.9 Å². The van der Waals surface area contributed by atoms with Gasteiger partial charge in [-0.2, -0.15) is 0 Å². The maximum Gasteiger partial charge on any atom is 0.338 e. The van der Waals surface area contributed by atoms with Gasteiger partial charge in [0.1, 0.15) is 23.0 Å². The number of hydrogen-bond acceptors (Lipinski definition) is 8. The molecule has 0 radical (unpaired) electrons. The quantitative estimate of drug-likeness (QED) is 0.253. The number of esters is 1. The van der Waals surface area contributed by atoms with E-state index in [1.165, 1.54) is 11.1 Å². The highest BCUT2D eigenvalue weighted by Gasteiger charge is 2.72. The van der Waals surface area contributed by atoms with Crippen LogP contribution in [0, 0.1) is 5.41 Å². The van der Waals surface area contributed by atoms with Gasteiger partial charge in [-0.15, -0.1) is 0 Å². The zero-order valence-corrected chi connectivity index (χ0v) is 27.5. The molecule has 1 N–H and O–H groups in total. The Morgan fingerprint density at radius 2 is 1.91 bits per heavy atom. The van der Waals surface area contributed by atoms with E-state index in [0.29, 0.717) is 13.0 Å². The maximum absolute atomic E-state index is 12.8. The average molecular weight is 604 g/mol. The molecule has 238 valence electrons. The molecule has 8 nitrogen and oxygen atoms in total. The SMILES string of the molecule is CCCC12C=C(CNCC34CC3(C)OC(c3ccccc3)=N4)C=C(C)C1(OC(C)(CC)C(=O)OCC)C2.CCc1ncco1. The lowest BCUT2D eigenvalue weighted by molar-refractivity contribution is -0.180. The van der Waals surface area contributed by atoms with Crippen molar-refractivity contribution in [1.82, 2.24) is 10.3 Å². The predicted octanol–water partition coefficient (Wildman–Crippen LogP) is 6.75. The van der Waals surface area contributed by atoms with Gasteiger partial charge in [-0.1, -0.05) is 57.5 Å². The summed E-state index contributed by atoms with van der Waals surface area (Å²) >= 11 is 0. The minimum atomic E-state index is -0.948. The highest BCUT2D eigenvalue weighted by atomic mass is 16.6. The molecule has 1 aromatic heterocycles. The Morgan fingerprint density at radius 3 is 2.52 bits per heavy atom. The molecule has 0 saturated heterocycles. The normalized spacial score (nSPS) is 30.7. The van der Waals surface area contributed by atoms with Gasteiger partial charge in [0.25, 0.3) is 0 Å². The van der Waals surface area contributed by atoms with Crippen molar-refractivity contribution in [2.45, 2.75) is 109 Å². The molecule has 1 aliphatic heterocycles. The number of oxazole rings is 1. The van der Waals surface area contributed by atoms with Crippen molar-refractivity contribution in [2.75, 3.05) is 19.7 Å². The van der Waals surface area contributed by atoms with E-state index in [9.17, 15) is 4.79 Å². The van der Waals surface area contributed by atoms with Crippen molar-refractivity contribution in [2.24, 2.45) is 10.4 Å². The highest BCUT2D eigenvalue weighted by Crippen LogP contribution is 2.69. The number of benzene rings is 1. The first-order valence-corrected chi connectivity index (χ1v) is 16.2. The molecule has 2 aromatic rings. The topological polar surface area (TPSA) is 95.2 Å². The number of fused-ring (bicyclic) bond motifs is 2. The van der Waals surface area contributed by atoms with Gasteiger partial charge in [-0.25, -0.2) is 14.8 Å². The Morgan fingerprint density at radius 1 is 1.14 bits per heavy atom. The molecule has 4 aliphatic rings. The molecule has 2 heterocycles. The number of hydrogen-bond donors (Lipinski definition) is 1. The summed E-state index contributed by atoms with van der Waals surface area (Å²) in [5, 5.41) is 3.69. The van der Waals surface area contributed by atoms with E-state index in [-0.39, 0.29) is 22.5 Å². The van der Waals surface area contributed by atoms with Crippen LogP contribution in [0.2, 0.25) is 0 Å². The molecule has 3 aliphatic carbocycles. The van der Waals surface area contributed by atoms with Crippen LogP contribution in [0.15, 0.2) is 75.5 Å². The van der Waals surface area contributed by atoms with Crippen LogP contribution in [-0.2, 0) is 25.4 Å². The lowest BCUT2D eigenvalue weighted by Gasteiger charge is -2.37. The third kappa shape index (κ3) is 5.79. The molecular weight excluding hydrogens is 554 g/mol. The standard InChI is InChI=1S/C31H42N2O4.C5H7NO/c1-7-15-29-17-23(16-22(4)31(29,20-29)37-27(5,8-2)26(34)35-9-3)18-32-21-30-19-28(30,6)36-25(33-30)24-13-11-10-12-14-24;1-2-5-6-3-4-7-5/h10-14,16-17,32H,7-9,15,18-21H2,1-6H3;3-4H,2H2,1H3. The number of carbonyl (C=O) groups excluding carboxylic acids is 1. The summed E-state index contributed by atoms with van der Waals surface area (Å²) in [7, 11) is 0. The zero-order valence-electron chi connectivity index (χ0n) is 27.5. The van der Waals surface area contributed by atoms with Crippen molar-refractivity contribution < 1.29 is 23.4 Å². The Bertz CT molecular complexity index is 1420. The van der Waals surface area contributed by atoms with Gasteiger partial charge in [-0.3, -0.25) is 0 Å². The lowest BCUT2D eigenvalue weighted by atomic mass is 9.84. The van der Waals surface area contributed by atoms with Crippen LogP contribution < -0.4 is 5.32 Å². The van der Waals surface area contributed by atoms with Crippen LogP contribution in [0.1, 0.15) is 92.0 Å². The van der Waals surface area contributed by atoms with E-state index in [1.54, 1.807) is 12.5 Å². The number of nitrogens with one attached hydrogen (secondary N) is 1. The fourth-order valence-electron chi connectivity index (χ4n) is 7.01. The van der Waals surface area contributed by atoms with Gasteiger partial charge < -0.3 is 23.9 Å². The van der Waals surface area contributed by atoms with E-state index >= 15 is 0 Å². The second-order valence-electron chi connectivity index (χ2n) is 13.1. The zero-order chi connectivity index (χ0) is 31.6. The van der Waals surface area contributed by atoms with Gasteiger partial charge in [-0.05, 0) is 70.2 Å². The smallest absolute Gasteiger partial charge is 0.338 e. The molecule has 6 rings (SSSR count). The Balaban J connectivity index is 0.000000484. The number of aliphatic imine (C=N–C) groups is 1. The van der Waals surface area contributed by atoms with Gasteiger partial charge in [0.05, 0.1) is 12.8 Å². The second kappa shape index (κ2) is 12.3. The molecule has 8 heteroatoms. The van der Waals surface area contributed by atoms with Crippen LogP contribution in [0.3, 0.4) is 0 Å². The molecule has 0 bridgehead atoms. The van der Waals surface area contributed by atoms with Gasteiger partial charge in [0, 0.05) is 36.9 Å². The minimum absolute atomic E-state index is 0.0675. The molecule has 2 fully saturated rings. The molecule has 0 amide bonds. The molecule has 0 spiro atoms. The van der Waals surface area contributed by atoms with Gasteiger partial charge in [0.15, 0.2) is 11.5 Å². The summed E-state index contributed by atoms with van der Waals surface area (Å²) in [5.41, 5.74) is 1.66. The van der Waals surface area contributed by atoms with E-state index in [1.807, 2.05) is 45.9 Å². The summed E-state index contributed by atoms with van der Waals surface area (Å²) in [4.78, 5) is 21.7. The summed E-state index contributed by atoms with van der Waals surface area (Å²) in [5.74, 6) is 1.29. The van der Waals surface area contributed by atoms with Crippen LogP contribution in [0.25, 0.3) is 0 Å². The van der Waals surface area contributed by atoms with E-state index in [2.05, 4.69) is 55.4 Å². The maximum atomic E-state index is 12.8. The minimum Gasteiger partial charge on any atom is -0.468 e. The summed E-state index contributed by atoms with van der Waals surface area (Å²) in [6.07, 6.45) is 13.3. The largest absolute Gasteiger partial charge is 0.468 e. The second-order valence-corrected chi connectivity index (χ2v) is 13.1. The number of carbonyl (C=O) groups is 1. The molecule has 2 saturated carbocycles. The fourth-order valence-corrected chi connectivity index (χ4v) is 7.01. The summed E-state index contributed by atoms with van der Waals surface area (Å²) in [6.45, 7) is 16.2. The molecule has 5 atom stereocenters. The van der Waals surface area contributed by atoms with Crippen molar-refractivity contribution in [1.29, 1.82) is 0 Å². The van der Waals surface area contributed by atoms with Gasteiger partial charge >= 0.3 is 5.97 Å². The van der Waals surface area contributed by atoms with Gasteiger partial charge in [0.2, 0.25) is 5.90 Å². The Labute approximate surface area is 262 Å². The number of rotatable bonds is 13. The van der Waals surface area contributed by atoms with E-state index < -0.39 is 11.2 Å². The van der Waals surface area contributed by atoms with Crippen molar-refractivity contribution in [3.8, 4) is 0 Å². The first-order chi connectivity index (χ1) is 21.0. The summed E-state index contributed by atoms with van der Waals surface area (Å²) in [6, 6.07) is 10.2. The Kier molecular flexibility index (Phi) is 8.98. The van der Waals surface area contributed by atoms with Crippen LogP contribution in [0.4, 0.5) is 0 Å². The number of aromatic nitrogens is 1. The van der Waals surface area contributed by atoms with Crippen LogP contribution >= 0.6 is 0 Å². The average Bonchev–Trinajstić information content (AvgIpc) is 3.58. The molecule has 5 unspecified atom stereocenters. The fraction of sp³-hybridized carbons (Fsp3) is 0.583. The first-order valence-electron chi connectivity index (χ1n) is 16.2. The van der Waals surface area contributed by atoms with Crippen LogP contribution in [0.5, 0.6) is 0 Å². The molecule has 44 heavy (non-hydrogen) atoms. The first kappa shape index (κ1) is 32.2. The van der Waals surface area contributed by atoms with E-state index in [0.717, 1.165) is 62.5 Å².